The fourth-order valence-corrected chi connectivity index (χ4v) is 4.34. The quantitative estimate of drug-likeness (QED) is 0.411. The molecule has 9 heteroatoms. The standard InChI is InChI=1S/C24H21BrN2O5S/c1-5-8-32-22-16(10-17(25)12-19(22)31-4)11-20-23(29)27(24(30)33-20)13-21(28)26-18-7-6-14(2)15(3)9-18/h1,6-7,9-12H,8,13H2,2-4H3,(H,26,28)/b20-11+. The van der Waals surface area contributed by atoms with Gasteiger partial charge in [0.05, 0.1) is 12.0 Å². The second-order valence-electron chi connectivity index (χ2n) is 7.13. The Labute approximate surface area is 204 Å². The predicted octanol–water partition coefficient (Wildman–Crippen LogP) is 4.76. The number of terminal acetylenes is 1. The molecule has 1 fully saturated rings. The van der Waals surface area contributed by atoms with E-state index in [1.165, 1.54) is 13.2 Å². The third-order valence-corrected chi connectivity index (χ3v) is 6.19. The molecule has 1 aliphatic heterocycles. The third kappa shape index (κ3) is 5.78. The fourth-order valence-electron chi connectivity index (χ4n) is 3.06. The lowest BCUT2D eigenvalue weighted by Crippen LogP contribution is -2.36. The minimum Gasteiger partial charge on any atom is -0.493 e. The topological polar surface area (TPSA) is 84.9 Å². The number of methoxy groups -OCH3 is 1. The van der Waals surface area contributed by atoms with Crippen molar-refractivity contribution in [1.29, 1.82) is 0 Å². The maximum Gasteiger partial charge on any atom is 0.294 e. The first kappa shape index (κ1) is 24.4. The van der Waals surface area contributed by atoms with Gasteiger partial charge in [-0.05, 0) is 67.1 Å². The Bertz CT molecular complexity index is 1200. The summed E-state index contributed by atoms with van der Waals surface area (Å²) in [5.41, 5.74) is 3.22. The monoisotopic (exact) mass is 528 g/mol. The minimum absolute atomic E-state index is 0.00103. The zero-order valence-corrected chi connectivity index (χ0v) is 20.6. The molecule has 3 amide bonds. The lowest BCUT2D eigenvalue weighted by Gasteiger charge is -2.14. The molecule has 3 rings (SSSR count). The number of nitrogens with zero attached hydrogens (tertiary/aromatic N) is 1. The highest BCUT2D eigenvalue weighted by molar-refractivity contribution is 9.10. The average molecular weight is 529 g/mol. The molecular formula is C24H21BrN2O5S. The summed E-state index contributed by atoms with van der Waals surface area (Å²) < 4.78 is 11.6. The van der Waals surface area contributed by atoms with E-state index in [1.807, 2.05) is 26.0 Å². The molecule has 2 aromatic carbocycles. The van der Waals surface area contributed by atoms with Gasteiger partial charge < -0.3 is 14.8 Å². The Morgan fingerprint density at radius 3 is 2.67 bits per heavy atom. The second kappa shape index (κ2) is 10.6. The average Bonchev–Trinajstić information content (AvgIpc) is 3.02. The first-order chi connectivity index (χ1) is 15.7. The number of ether oxygens (including phenoxy) is 2. The number of aryl methyl sites for hydroxylation is 2. The van der Waals surface area contributed by atoms with Crippen molar-refractivity contribution in [1.82, 2.24) is 4.90 Å². The Morgan fingerprint density at radius 1 is 1.24 bits per heavy atom. The number of anilines is 1. The highest BCUT2D eigenvalue weighted by atomic mass is 79.9. The highest BCUT2D eigenvalue weighted by Crippen LogP contribution is 2.39. The fraction of sp³-hybridized carbons (Fsp3) is 0.208. The van der Waals surface area contributed by atoms with Crippen LogP contribution < -0.4 is 14.8 Å². The number of carbonyl (C=O) groups excluding carboxylic acids is 3. The zero-order chi connectivity index (χ0) is 24.1. The molecule has 0 bridgehead atoms. The molecule has 33 heavy (non-hydrogen) atoms. The van der Waals surface area contributed by atoms with E-state index in [4.69, 9.17) is 15.9 Å². The molecule has 0 radical (unpaired) electrons. The molecule has 1 N–H and O–H groups in total. The van der Waals surface area contributed by atoms with Crippen molar-refractivity contribution >= 4 is 56.5 Å². The molecule has 1 heterocycles. The van der Waals surface area contributed by atoms with Crippen LogP contribution in [0.3, 0.4) is 0 Å². The summed E-state index contributed by atoms with van der Waals surface area (Å²) in [5.74, 6) is 2.11. The van der Waals surface area contributed by atoms with Crippen molar-refractivity contribution in [3.63, 3.8) is 0 Å². The largest absolute Gasteiger partial charge is 0.493 e. The molecule has 0 spiro atoms. The van der Waals surface area contributed by atoms with Gasteiger partial charge in [-0.3, -0.25) is 19.3 Å². The van der Waals surface area contributed by atoms with Crippen molar-refractivity contribution in [3.05, 3.63) is 56.4 Å². The van der Waals surface area contributed by atoms with Crippen LogP contribution in [0.2, 0.25) is 0 Å². The van der Waals surface area contributed by atoms with Crippen LogP contribution in [-0.2, 0) is 9.59 Å². The summed E-state index contributed by atoms with van der Waals surface area (Å²) in [5, 5.41) is 2.19. The van der Waals surface area contributed by atoms with Gasteiger partial charge in [0, 0.05) is 15.7 Å². The van der Waals surface area contributed by atoms with E-state index < -0.39 is 23.6 Å². The van der Waals surface area contributed by atoms with Crippen LogP contribution in [0.1, 0.15) is 16.7 Å². The number of rotatable bonds is 7. The zero-order valence-electron chi connectivity index (χ0n) is 18.2. The molecule has 2 aromatic rings. The Hall–Kier alpha value is -3.22. The van der Waals surface area contributed by atoms with Crippen molar-refractivity contribution in [2.45, 2.75) is 13.8 Å². The molecule has 0 saturated carbocycles. The Morgan fingerprint density at radius 2 is 2.00 bits per heavy atom. The van der Waals surface area contributed by atoms with E-state index in [2.05, 4.69) is 27.2 Å². The summed E-state index contributed by atoms with van der Waals surface area (Å²) in [6, 6.07) is 8.91. The summed E-state index contributed by atoms with van der Waals surface area (Å²) in [7, 11) is 1.48. The molecule has 1 saturated heterocycles. The molecule has 1 aliphatic rings. The number of hydrogen-bond donors (Lipinski definition) is 1. The molecular weight excluding hydrogens is 508 g/mol. The van der Waals surface area contributed by atoms with Gasteiger partial charge in [0.2, 0.25) is 5.91 Å². The van der Waals surface area contributed by atoms with Crippen LogP contribution in [0.25, 0.3) is 6.08 Å². The van der Waals surface area contributed by atoms with Crippen molar-refractivity contribution < 1.29 is 23.9 Å². The number of amides is 3. The van der Waals surface area contributed by atoms with Gasteiger partial charge in [0.25, 0.3) is 11.1 Å². The first-order valence-corrected chi connectivity index (χ1v) is 11.4. The third-order valence-electron chi connectivity index (χ3n) is 4.82. The van der Waals surface area contributed by atoms with Crippen LogP contribution in [-0.4, -0.2) is 42.2 Å². The number of imide groups is 1. The Kier molecular flexibility index (Phi) is 7.84. The number of carbonyl (C=O) groups is 3. The minimum atomic E-state index is -0.568. The normalized spacial score (nSPS) is 14.4. The summed E-state index contributed by atoms with van der Waals surface area (Å²) >= 11 is 4.14. The molecule has 7 nitrogen and oxygen atoms in total. The number of hydrogen-bond acceptors (Lipinski definition) is 6. The number of benzene rings is 2. The molecule has 0 unspecified atom stereocenters. The van der Waals surface area contributed by atoms with Crippen molar-refractivity contribution in [2.75, 3.05) is 25.6 Å². The highest BCUT2D eigenvalue weighted by Gasteiger charge is 2.36. The summed E-state index contributed by atoms with van der Waals surface area (Å²) in [6.07, 6.45) is 6.82. The maximum atomic E-state index is 12.9. The van der Waals surface area contributed by atoms with Crippen LogP contribution in [0.4, 0.5) is 10.5 Å². The van der Waals surface area contributed by atoms with E-state index in [1.54, 1.807) is 18.2 Å². The van der Waals surface area contributed by atoms with E-state index in [0.717, 1.165) is 27.8 Å². The summed E-state index contributed by atoms with van der Waals surface area (Å²) in [6.45, 7) is 3.51. The van der Waals surface area contributed by atoms with Crippen molar-refractivity contribution in [3.8, 4) is 23.8 Å². The first-order valence-electron chi connectivity index (χ1n) is 9.79. The van der Waals surface area contributed by atoms with E-state index in [-0.39, 0.29) is 11.5 Å². The van der Waals surface area contributed by atoms with Crippen molar-refractivity contribution in [2.24, 2.45) is 0 Å². The molecule has 0 aromatic heterocycles. The van der Waals surface area contributed by atoms with Crippen LogP contribution in [0, 0.1) is 26.2 Å². The number of nitrogens with one attached hydrogen (secondary N) is 1. The second-order valence-corrected chi connectivity index (χ2v) is 9.04. The Balaban J connectivity index is 1.81. The lowest BCUT2D eigenvalue weighted by molar-refractivity contribution is -0.127. The van der Waals surface area contributed by atoms with Gasteiger partial charge in [-0.2, -0.15) is 0 Å². The van der Waals surface area contributed by atoms with Gasteiger partial charge >= 0.3 is 0 Å². The van der Waals surface area contributed by atoms with Gasteiger partial charge in [0.15, 0.2) is 11.5 Å². The van der Waals surface area contributed by atoms with Crippen LogP contribution in [0.15, 0.2) is 39.7 Å². The van der Waals surface area contributed by atoms with Crippen LogP contribution in [0.5, 0.6) is 11.5 Å². The van der Waals surface area contributed by atoms with Gasteiger partial charge in [-0.25, -0.2) is 0 Å². The van der Waals surface area contributed by atoms with Gasteiger partial charge in [-0.1, -0.05) is 27.9 Å². The molecule has 0 atom stereocenters. The van der Waals surface area contributed by atoms with Gasteiger partial charge in [0.1, 0.15) is 13.2 Å². The molecule has 170 valence electrons. The predicted molar refractivity (Wildman–Crippen MR) is 132 cm³/mol. The van der Waals surface area contributed by atoms with E-state index in [0.29, 0.717) is 27.2 Å². The smallest absolute Gasteiger partial charge is 0.294 e. The van der Waals surface area contributed by atoms with Gasteiger partial charge in [-0.15, -0.1) is 6.42 Å². The lowest BCUT2D eigenvalue weighted by atomic mass is 10.1. The molecule has 0 aliphatic carbocycles. The number of thioether (sulfide) groups is 1. The number of halogens is 1. The summed E-state index contributed by atoms with van der Waals surface area (Å²) in [4.78, 5) is 38.9. The van der Waals surface area contributed by atoms with Crippen LogP contribution >= 0.6 is 27.7 Å². The van der Waals surface area contributed by atoms with E-state index in [9.17, 15) is 14.4 Å². The van der Waals surface area contributed by atoms with E-state index >= 15 is 0 Å². The SMILES string of the molecule is C#CCOc1c(/C=C2/SC(=O)N(CC(=O)Nc3ccc(C)c(C)c3)C2=O)cc(Br)cc1OC. The maximum absolute atomic E-state index is 12.9.